The molecule has 0 fully saturated rings. The van der Waals surface area contributed by atoms with Crippen LogP contribution in [0.1, 0.15) is 11.4 Å². The molecule has 28 heavy (non-hydrogen) atoms. The van der Waals surface area contributed by atoms with Crippen LogP contribution in [0, 0.1) is 0 Å². The second-order valence-electron chi connectivity index (χ2n) is 5.81. The van der Waals surface area contributed by atoms with Crippen molar-refractivity contribution in [3.63, 3.8) is 0 Å². The molecule has 0 aliphatic rings. The van der Waals surface area contributed by atoms with E-state index < -0.39 is 10.0 Å². The number of nitrogens with one attached hydrogen (secondary N) is 1. The maximum atomic E-state index is 13.0. The third-order valence-corrected chi connectivity index (χ3v) is 6.10. The number of hydrogen-bond acceptors (Lipinski definition) is 8. The lowest BCUT2D eigenvalue weighted by Gasteiger charge is -2.14. The lowest BCUT2D eigenvalue weighted by Crippen LogP contribution is -2.15. The van der Waals surface area contributed by atoms with Crippen molar-refractivity contribution in [3.05, 3.63) is 51.8 Å². The third kappa shape index (κ3) is 3.39. The minimum atomic E-state index is -4.02. The first-order chi connectivity index (χ1) is 13.3. The van der Waals surface area contributed by atoms with E-state index in [2.05, 4.69) is 35.2 Å². The minimum Gasteiger partial charge on any atom is -0.279 e. The largest absolute Gasteiger partial charge is 0.279 e. The topological polar surface area (TPSA) is 129 Å². The van der Waals surface area contributed by atoms with E-state index in [1.807, 2.05) is 0 Å². The van der Waals surface area contributed by atoms with Gasteiger partial charge in [0.05, 0.1) is 15.7 Å². The van der Waals surface area contributed by atoms with Gasteiger partial charge in [-0.25, -0.2) is 17.7 Å². The van der Waals surface area contributed by atoms with Gasteiger partial charge in [0.15, 0.2) is 11.3 Å². The zero-order valence-corrected chi connectivity index (χ0v) is 16.5. The predicted octanol–water partition coefficient (Wildman–Crippen LogP) is 2.44. The molecule has 0 unspecified atom stereocenters. The van der Waals surface area contributed by atoms with Crippen molar-refractivity contribution in [2.45, 2.75) is 11.3 Å². The lowest BCUT2D eigenvalue weighted by molar-refractivity contribution is 0.315. The van der Waals surface area contributed by atoms with Crippen LogP contribution in [0.5, 0.6) is 0 Å². The van der Waals surface area contributed by atoms with Crippen molar-refractivity contribution in [1.82, 2.24) is 30.5 Å². The van der Waals surface area contributed by atoms with Gasteiger partial charge in [-0.05, 0) is 50.6 Å². The number of sulfonamides is 1. The van der Waals surface area contributed by atoms with Crippen molar-refractivity contribution in [2.24, 2.45) is 7.05 Å². The number of nitrogens with zero attached hydrogens (tertiary/aromatic N) is 6. The average Bonchev–Trinajstić information content (AvgIpc) is 3.27. The number of aryl methyl sites for hydroxylation is 1. The van der Waals surface area contributed by atoms with E-state index in [9.17, 15) is 8.42 Å². The molecule has 0 amide bonds. The number of anilines is 1. The summed E-state index contributed by atoms with van der Waals surface area (Å²) in [5.41, 5.74) is 1.23. The van der Waals surface area contributed by atoms with Crippen molar-refractivity contribution in [2.75, 3.05) is 4.72 Å². The maximum absolute atomic E-state index is 13.0. The Balaban J connectivity index is 1.77. The van der Waals surface area contributed by atoms with E-state index in [4.69, 9.17) is 23.2 Å². The van der Waals surface area contributed by atoms with E-state index in [1.165, 1.54) is 16.8 Å². The van der Waals surface area contributed by atoms with Gasteiger partial charge in [0, 0.05) is 13.5 Å². The quantitative estimate of drug-likeness (QED) is 0.501. The zero-order valence-electron chi connectivity index (χ0n) is 14.2. The van der Waals surface area contributed by atoms with Crippen LogP contribution in [0.3, 0.4) is 0 Å². The Morgan fingerprint density at radius 2 is 1.96 bits per heavy atom. The van der Waals surface area contributed by atoms with Crippen LogP contribution in [0.4, 0.5) is 5.69 Å². The molecule has 2 aromatic heterocycles. The second kappa shape index (κ2) is 7.00. The van der Waals surface area contributed by atoms with Gasteiger partial charge in [-0.1, -0.05) is 29.3 Å². The molecular formula is C15H11Cl2N7O3S. The highest BCUT2D eigenvalue weighted by atomic mass is 35.5. The fraction of sp³-hybridized carbons (Fsp3) is 0.133. The van der Waals surface area contributed by atoms with Crippen molar-refractivity contribution in [3.8, 4) is 0 Å². The molecule has 0 atom stereocenters. The highest BCUT2D eigenvalue weighted by Crippen LogP contribution is 2.32. The summed E-state index contributed by atoms with van der Waals surface area (Å²) in [5.74, 6) is 0.515. The zero-order chi connectivity index (χ0) is 19.9. The molecule has 1 N–H and O–H groups in total. The molecule has 4 rings (SSSR count). The Hall–Kier alpha value is -2.76. The van der Waals surface area contributed by atoms with Crippen LogP contribution < -0.4 is 4.72 Å². The molecule has 2 heterocycles. The number of benzene rings is 2. The normalized spacial score (nSPS) is 11.8. The monoisotopic (exact) mass is 439 g/mol. The molecular weight excluding hydrogens is 429 g/mol. The molecule has 144 valence electrons. The minimum absolute atomic E-state index is 0.0800. The molecule has 0 radical (unpaired) electrons. The molecule has 0 saturated heterocycles. The van der Waals surface area contributed by atoms with E-state index in [-0.39, 0.29) is 32.6 Å². The highest BCUT2D eigenvalue weighted by Gasteiger charge is 2.23. The summed E-state index contributed by atoms with van der Waals surface area (Å²) in [6.45, 7) is 0. The van der Waals surface area contributed by atoms with Gasteiger partial charge in [0.1, 0.15) is 10.4 Å². The Bertz CT molecular complexity index is 1290. The number of rotatable bonds is 5. The Labute approximate surface area is 168 Å². The highest BCUT2D eigenvalue weighted by molar-refractivity contribution is 7.93. The van der Waals surface area contributed by atoms with E-state index in [0.29, 0.717) is 16.9 Å². The van der Waals surface area contributed by atoms with E-state index in [0.717, 1.165) is 0 Å². The van der Waals surface area contributed by atoms with Gasteiger partial charge in [0.2, 0.25) is 0 Å². The number of fused-ring (bicyclic) bond motifs is 1. The molecule has 13 heteroatoms. The fourth-order valence-electron chi connectivity index (χ4n) is 2.60. The van der Waals surface area contributed by atoms with Gasteiger partial charge >= 0.3 is 0 Å². The predicted molar refractivity (Wildman–Crippen MR) is 101 cm³/mol. The number of tetrazole rings is 1. The number of hydrogen-bond donors (Lipinski definition) is 1. The summed E-state index contributed by atoms with van der Waals surface area (Å²) < 4.78 is 34.6. The summed E-state index contributed by atoms with van der Waals surface area (Å²) in [7, 11) is -2.35. The second-order valence-corrected chi connectivity index (χ2v) is 8.28. The van der Waals surface area contributed by atoms with Crippen molar-refractivity contribution < 1.29 is 13.0 Å². The summed E-state index contributed by atoms with van der Waals surface area (Å²) >= 11 is 12.2. The SMILES string of the molecule is Cn1nnnc1Cc1cc(Cl)c(Cl)cc1NS(=O)(=O)c1cccc2nonc12. The fourth-order valence-corrected chi connectivity index (χ4v) is 4.19. The molecule has 0 aliphatic heterocycles. The van der Waals surface area contributed by atoms with Gasteiger partial charge in [-0.2, -0.15) is 0 Å². The first kappa shape index (κ1) is 18.6. The van der Waals surface area contributed by atoms with Crippen LogP contribution in [-0.2, 0) is 23.5 Å². The Morgan fingerprint density at radius 3 is 2.71 bits per heavy atom. The van der Waals surface area contributed by atoms with Gasteiger partial charge < -0.3 is 0 Å². The molecule has 0 bridgehead atoms. The molecule has 0 aliphatic carbocycles. The van der Waals surface area contributed by atoms with Crippen LogP contribution in [0.15, 0.2) is 39.9 Å². The van der Waals surface area contributed by atoms with Crippen LogP contribution in [0.2, 0.25) is 10.0 Å². The van der Waals surface area contributed by atoms with Crippen molar-refractivity contribution in [1.29, 1.82) is 0 Å². The number of aromatic nitrogens is 6. The molecule has 10 nitrogen and oxygen atoms in total. The molecule has 2 aromatic carbocycles. The van der Waals surface area contributed by atoms with E-state index >= 15 is 0 Å². The lowest BCUT2D eigenvalue weighted by atomic mass is 10.1. The van der Waals surface area contributed by atoms with Gasteiger partial charge in [0.25, 0.3) is 10.0 Å². The Kier molecular flexibility index (Phi) is 4.65. The van der Waals surface area contributed by atoms with Crippen LogP contribution >= 0.6 is 23.2 Å². The summed E-state index contributed by atoms with van der Waals surface area (Å²) in [6, 6.07) is 7.54. The van der Waals surface area contributed by atoms with Crippen LogP contribution in [0.25, 0.3) is 11.0 Å². The number of halogens is 2. The first-order valence-corrected chi connectivity index (χ1v) is 10.0. The maximum Gasteiger partial charge on any atom is 0.264 e. The standard InChI is InChI=1S/C15H11Cl2N7O3S/c1-24-14(18-22-23-24)6-8-5-9(16)10(17)7-12(8)21-28(25,26)13-4-2-3-11-15(13)20-27-19-11/h2-5,7,21H,6H2,1H3. The smallest absolute Gasteiger partial charge is 0.264 e. The molecule has 0 spiro atoms. The Morgan fingerprint density at radius 1 is 1.18 bits per heavy atom. The van der Waals surface area contributed by atoms with Crippen molar-refractivity contribution >= 4 is 49.9 Å². The summed E-state index contributed by atoms with van der Waals surface area (Å²) in [6.07, 6.45) is 0.230. The summed E-state index contributed by atoms with van der Waals surface area (Å²) in [4.78, 5) is -0.0800. The summed E-state index contributed by atoms with van der Waals surface area (Å²) in [5, 5.41) is 19.1. The third-order valence-electron chi connectivity index (χ3n) is 3.99. The molecule has 4 aromatic rings. The first-order valence-electron chi connectivity index (χ1n) is 7.78. The molecule has 0 saturated carbocycles. The van der Waals surface area contributed by atoms with Crippen LogP contribution in [-0.4, -0.2) is 38.9 Å². The van der Waals surface area contributed by atoms with Gasteiger partial charge in [-0.15, -0.1) is 5.10 Å². The average molecular weight is 440 g/mol. The van der Waals surface area contributed by atoms with Gasteiger partial charge in [-0.3, -0.25) is 4.72 Å². The van der Waals surface area contributed by atoms with E-state index in [1.54, 1.807) is 25.2 Å².